The number of carboxylic acid groups (broad SMARTS) is 1. The first kappa shape index (κ1) is 15.8. The Labute approximate surface area is 124 Å². The molecule has 21 heavy (non-hydrogen) atoms. The number of hydrogen-bond donors (Lipinski definition) is 1. The number of nitrogens with zero attached hydrogens (tertiary/aromatic N) is 1. The smallest absolute Gasteiger partial charge is 0.337 e. The quantitative estimate of drug-likeness (QED) is 0.905. The van der Waals surface area contributed by atoms with E-state index in [0.29, 0.717) is 30.5 Å². The Morgan fingerprint density at radius 3 is 2.62 bits per heavy atom. The summed E-state index contributed by atoms with van der Waals surface area (Å²) in [7, 11) is 0. The predicted molar refractivity (Wildman–Crippen MR) is 80.0 cm³/mol. The monoisotopic (exact) mass is 293 g/mol. The molecule has 0 aromatic carbocycles. The molecular formula is C16H23NO4. The number of carbonyl (C=O) groups is 1. The Morgan fingerprint density at radius 2 is 2.00 bits per heavy atom. The second-order valence-electron chi connectivity index (χ2n) is 5.71. The van der Waals surface area contributed by atoms with Crippen LogP contribution < -0.4 is 5.56 Å². The van der Waals surface area contributed by atoms with Crippen LogP contribution in [0.25, 0.3) is 0 Å². The number of hydrogen-bond acceptors (Lipinski definition) is 3. The second-order valence-corrected chi connectivity index (χ2v) is 5.71. The molecule has 2 rings (SSSR count). The molecule has 1 aliphatic rings. The lowest BCUT2D eigenvalue weighted by Gasteiger charge is -2.22. The number of pyridine rings is 1. The van der Waals surface area contributed by atoms with Crippen molar-refractivity contribution in [1.29, 1.82) is 0 Å². The molecule has 5 nitrogen and oxygen atoms in total. The normalized spacial score (nSPS) is 16.1. The minimum absolute atomic E-state index is 0.165. The van der Waals surface area contributed by atoms with E-state index >= 15 is 0 Å². The zero-order chi connectivity index (χ0) is 15.4. The van der Waals surface area contributed by atoms with Gasteiger partial charge < -0.3 is 14.4 Å². The summed E-state index contributed by atoms with van der Waals surface area (Å²) in [6.45, 7) is 4.19. The van der Waals surface area contributed by atoms with Crippen molar-refractivity contribution in [3.63, 3.8) is 0 Å². The van der Waals surface area contributed by atoms with Crippen LogP contribution in [-0.4, -0.2) is 28.4 Å². The third-order valence-electron chi connectivity index (χ3n) is 4.20. The number of aromatic carboxylic acids is 1. The number of aromatic nitrogens is 1. The molecular weight excluding hydrogens is 270 g/mol. The van der Waals surface area contributed by atoms with Crippen LogP contribution in [0.3, 0.4) is 0 Å². The standard InChI is InChI=1S/C16H23NO4/c1-11-10-14(18)17(12(2)15(11)16(19)20)8-9-21-13-6-4-3-5-7-13/h10,13H,3-9H2,1-2H3,(H,19,20). The fourth-order valence-electron chi connectivity index (χ4n) is 3.06. The van der Waals surface area contributed by atoms with Crippen molar-refractivity contribution in [2.45, 2.75) is 58.6 Å². The van der Waals surface area contributed by atoms with Gasteiger partial charge in [-0.15, -0.1) is 0 Å². The van der Waals surface area contributed by atoms with Gasteiger partial charge in [-0.25, -0.2) is 4.79 Å². The molecule has 1 fully saturated rings. The van der Waals surface area contributed by atoms with Gasteiger partial charge in [-0.3, -0.25) is 4.79 Å². The van der Waals surface area contributed by atoms with Crippen LogP contribution in [0.1, 0.15) is 53.7 Å². The molecule has 0 saturated heterocycles. The van der Waals surface area contributed by atoms with E-state index in [1.807, 2.05) is 0 Å². The van der Waals surface area contributed by atoms with Crippen molar-refractivity contribution in [3.05, 3.63) is 33.2 Å². The largest absolute Gasteiger partial charge is 0.478 e. The molecule has 0 unspecified atom stereocenters. The van der Waals surface area contributed by atoms with Crippen molar-refractivity contribution in [1.82, 2.24) is 4.57 Å². The van der Waals surface area contributed by atoms with Gasteiger partial charge in [0.2, 0.25) is 0 Å². The lowest BCUT2D eigenvalue weighted by atomic mass is 9.98. The molecule has 1 aliphatic carbocycles. The molecule has 5 heteroatoms. The lowest BCUT2D eigenvalue weighted by Crippen LogP contribution is -2.28. The highest BCUT2D eigenvalue weighted by Crippen LogP contribution is 2.20. The van der Waals surface area contributed by atoms with E-state index < -0.39 is 5.97 Å². The summed E-state index contributed by atoms with van der Waals surface area (Å²) in [5, 5.41) is 9.24. The fourth-order valence-corrected chi connectivity index (χ4v) is 3.06. The minimum Gasteiger partial charge on any atom is -0.478 e. The van der Waals surface area contributed by atoms with Crippen molar-refractivity contribution in [3.8, 4) is 0 Å². The summed E-state index contributed by atoms with van der Waals surface area (Å²) in [6, 6.07) is 1.39. The van der Waals surface area contributed by atoms with E-state index in [4.69, 9.17) is 4.74 Å². The summed E-state index contributed by atoms with van der Waals surface area (Å²) in [6.07, 6.45) is 6.15. The maximum atomic E-state index is 12.0. The number of carboxylic acids is 1. The molecule has 1 saturated carbocycles. The van der Waals surface area contributed by atoms with Crippen LogP contribution in [0.5, 0.6) is 0 Å². The highest BCUT2D eigenvalue weighted by Gasteiger charge is 2.17. The average Bonchev–Trinajstić information content (AvgIpc) is 2.42. The topological polar surface area (TPSA) is 68.5 Å². The number of rotatable bonds is 5. The van der Waals surface area contributed by atoms with Crippen molar-refractivity contribution in [2.75, 3.05) is 6.61 Å². The Morgan fingerprint density at radius 1 is 1.33 bits per heavy atom. The summed E-state index contributed by atoms with van der Waals surface area (Å²) in [5.74, 6) is -0.994. The Balaban J connectivity index is 2.07. The summed E-state index contributed by atoms with van der Waals surface area (Å²) >= 11 is 0. The van der Waals surface area contributed by atoms with E-state index in [9.17, 15) is 14.7 Å². The minimum atomic E-state index is -0.994. The third-order valence-corrected chi connectivity index (χ3v) is 4.20. The zero-order valence-electron chi connectivity index (χ0n) is 12.7. The maximum Gasteiger partial charge on any atom is 0.337 e. The molecule has 1 N–H and O–H groups in total. The van der Waals surface area contributed by atoms with E-state index in [1.165, 1.54) is 29.9 Å². The van der Waals surface area contributed by atoms with Gasteiger partial charge >= 0.3 is 5.97 Å². The van der Waals surface area contributed by atoms with Crippen LogP contribution in [0.15, 0.2) is 10.9 Å². The molecule has 0 atom stereocenters. The first-order chi connectivity index (χ1) is 10.0. The molecule has 0 amide bonds. The Kier molecular flexibility index (Phi) is 5.17. The van der Waals surface area contributed by atoms with Gasteiger partial charge in [-0.1, -0.05) is 19.3 Å². The molecule has 1 aromatic heterocycles. The van der Waals surface area contributed by atoms with E-state index in [0.717, 1.165) is 12.8 Å². The van der Waals surface area contributed by atoms with Crippen LogP contribution >= 0.6 is 0 Å². The average molecular weight is 293 g/mol. The molecule has 0 bridgehead atoms. The van der Waals surface area contributed by atoms with Gasteiger partial charge in [-0.05, 0) is 32.3 Å². The van der Waals surface area contributed by atoms with Crippen LogP contribution in [0, 0.1) is 13.8 Å². The summed E-state index contributed by atoms with van der Waals surface area (Å²) in [5.41, 5.74) is 1.06. The highest BCUT2D eigenvalue weighted by atomic mass is 16.5. The van der Waals surface area contributed by atoms with Crippen molar-refractivity contribution < 1.29 is 14.6 Å². The van der Waals surface area contributed by atoms with Gasteiger partial charge in [0, 0.05) is 18.3 Å². The summed E-state index contributed by atoms with van der Waals surface area (Å²) in [4.78, 5) is 23.3. The molecule has 0 aliphatic heterocycles. The zero-order valence-corrected chi connectivity index (χ0v) is 12.7. The molecule has 1 aromatic rings. The Bertz CT molecular complexity index is 570. The van der Waals surface area contributed by atoms with Gasteiger partial charge in [0.1, 0.15) is 0 Å². The molecule has 0 spiro atoms. The van der Waals surface area contributed by atoms with Gasteiger partial charge in [0.15, 0.2) is 0 Å². The van der Waals surface area contributed by atoms with Gasteiger partial charge in [0.05, 0.1) is 18.3 Å². The highest BCUT2D eigenvalue weighted by molar-refractivity contribution is 5.90. The predicted octanol–water partition coefficient (Wildman–Crippen LogP) is 2.51. The van der Waals surface area contributed by atoms with Crippen molar-refractivity contribution in [2.24, 2.45) is 0 Å². The van der Waals surface area contributed by atoms with Crippen LogP contribution in [0.4, 0.5) is 0 Å². The second kappa shape index (κ2) is 6.89. The van der Waals surface area contributed by atoms with Crippen LogP contribution in [0.2, 0.25) is 0 Å². The maximum absolute atomic E-state index is 12.0. The third kappa shape index (κ3) is 3.73. The van der Waals surface area contributed by atoms with Gasteiger partial charge in [0.25, 0.3) is 5.56 Å². The number of ether oxygens (including phenoxy) is 1. The first-order valence-corrected chi connectivity index (χ1v) is 7.56. The van der Waals surface area contributed by atoms with E-state index in [2.05, 4.69) is 0 Å². The van der Waals surface area contributed by atoms with Crippen molar-refractivity contribution >= 4 is 5.97 Å². The van der Waals surface area contributed by atoms with E-state index in [1.54, 1.807) is 13.8 Å². The molecule has 1 heterocycles. The molecule has 116 valence electrons. The number of aryl methyl sites for hydroxylation is 1. The fraction of sp³-hybridized carbons (Fsp3) is 0.625. The molecule has 0 radical (unpaired) electrons. The Hall–Kier alpha value is -1.62. The SMILES string of the molecule is Cc1cc(=O)n(CCOC2CCCCC2)c(C)c1C(=O)O. The summed E-state index contributed by atoms with van der Waals surface area (Å²) < 4.78 is 7.32. The van der Waals surface area contributed by atoms with Crippen LogP contribution in [-0.2, 0) is 11.3 Å². The first-order valence-electron chi connectivity index (χ1n) is 7.56. The lowest BCUT2D eigenvalue weighted by molar-refractivity contribution is 0.0234. The van der Waals surface area contributed by atoms with E-state index in [-0.39, 0.29) is 11.1 Å². The van der Waals surface area contributed by atoms with Gasteiger partial charge in [-0.2, -0.15) is 0 Å².